The van der Waals surface area contributed by atoms with Crippen LogP contribution in [0.15, 0.2) is 48.5 Å². The van der Waals surface area contributed by atoms with Crippen molar-refractivity contribution in [3.63, 3.8) is 0 Å². The second-order valence-corrected chi connectivity index (χ2v) is 8.03. The van der Waals surface area contributed by atoms with Gasteiger partial charge in [-0.15, -0.1) is 12.4 Å². The lowest BCUT2D eigenvalue weighted by Gasteiger charge is -2.34. The molecule has 1 amide bonds. The van der Waals surface area contributed by atoms with Crippen molar-refractivity contribution in [2.75, 3.05) is 44.7 Å². The molecule has 0 unspecified atom stereocenters. The summed E-state index contributed by atoms with van der Waals surface area (Å²) >= 11 is 0. The Kier molecular flexibility index (Phi) is 7.14. The number of anilines is 1. The van der Waals surface area contributed by atoms with Crippen LogP contribution in [-0.4, -0.2) is 55.5 Å². The Bertz CT molecular complexity index is 821. The van der Waals surface area contributed by atoms with Crippen LogP contribution in [0, 0.1) is 11.7 Å². The van der Waals surface area contributed by atoms with Crippen molar-refractivity contribution in [3.8, 4) is 0 Å². The molecule has 2 aliphatic rings. The van der Waals surface area contributed by atoms with Crippen molar-refractivity contribution in [3.05, 3.63) is 65.5 Å². The highest BCUT2D eigenvalue weighted by atomic mass is 35.5. The van der Waals surface area contributed by atoms with Gasteiger partial charge in [0.1, 0.15) is 5.82 Å². The number of hydrogen-bond donors (Lipinski definition) is 0. The number of halogens is 2. The summed E-state index contributed by atoms with van der Waals surface area (Å²) in [4.78, 5) is 19.2. The Hall–Kier alpha value is -2.11. The van der Waals surface area contributed by atoms with Gasteiger partial charge in [-0.2, -0.15) is 0 Å². The van der Waals surface area contributed by atoms with Gasteiger partial charge < -0.3 is 14.7 Å². The maximum Gasteiger partial charge on any atom is 0.254 e. The summed E-state index contributed by atoms with van der Waals surface area (Å²) in [5, 5.41) is 0. The molecule has 2 aromatic rings. The molecule has 4 rings (SSSR count). The van der Waals surface area contributed by atoms with Gasteiger partial charge in [0, 0.05) is 44.5 Å². The van der Waals surface area contributed by atoms with Crippen LogP contribution in [0.1, 0.15) is 28.8 Å². The average Bonchev–Trinajstić information content (AvgIpc) is 3.03. The number of benzene rings is 2. The van der Waals surface area contributed by atoms with E-state index in [1.807, 2.05) is 35.2 Å². The van der Waals surface area contributed by atoms with Crippen LogP contribution in [0.3, 0.4) is 0 Å². The van der Waals surface area contributed by atoms with Crippen LogP contribution < -0.4 is 4.90 Å². The predicted octanol–water partition coefficient (Wildman–Crippen LogP) is 4.05. The molecule has 0 spiro atoms. The summed E-state index contributed by atoms with van der Waals surface area (Å²) in [5.41, 5.74) is 3.08. The van der Waals surface area contributed by atoms with Gasteiger partial charge in [-0.1, -0.05) is 18.2 Å². The lowest BCUT2D eigenvalue weighted by atomic mass is 9.96. The van der Waals surface area contributed by atoms with E-state index in [-0.39, 0.29) is 24.1 Å². The number of likely N-dealkylation sites (tertiary alicyclic amines) is 1. The lowest BCUT2D eigenvalue weighted by molar-refractivity contribution is 0.0715. The first-order valence-corrected chi connectivity index (χ1v) is 10.2. The van der Waals surface area contributed by atoms with Crippen molar-refractivity contribution < 1.29 is 9.18 Å². The molecule has 0 radical (unpaired) electrons. The van der Waals surface area contributed by atoms with Crippen molar-refractivity contribution in [2.24, 2.45) is 5.92 Å². The minimum Gasteiger partial charge on any atom is -0.373 e. The maximum absolute atomic E-state index is 13.1. The first-order chi connectivity index (χ1) is 13.6. The summed E-state index contributed by atoms with van der Waals surface area (Å²) in [7, 11) is 2.05. The molecule has 2 aromatic carbocycles. The molecule has 1 fully saturated rings. The number of rotatable bonds is 6. The smallest absolute Gasteiger partial charge is 0.254 e. The van der Waals surface area contributed by atoms with Gasteiger partial charge in [-0.3, -0.25) is 4.79 Å². The molecule has 0 saturated carbocycles. The minimum atomic E-state index is -0.196. The molecule has 156 valence electrons. The molecule has 6 heteroatoms. The third kappa shape index (κ3) is 5.09. The third-order valence-electron chi connectivity index (χ3n) is 6.10. The molecule has 2 aliphatic heterocycles. The van der Waals surface area contributed by atoms with Gasteiger partial charge in [0.25, 0.3) is 5.91 Å². The summed E-state index contributed by atoms with van der Waals surface area (Å²) in [6, 6.07) is 14.6. The fraction of sp³-hybridized carbons (Fsp3) is 0.435. The zero-order valence-electron chi connectivity index (χ0n) is 16.9. The van der Waals surface area contributed by atoms with E-state index in [4.69, 9.17) is 0 Å². The Morgan fingerprint density at radius 1 is 1.07 bits per heavy atom. The molecule has 29 heavy (non-hydrogen) atoms. The first kappa shape index (κ1) is 21.6. The fourth-order valence-corrected chi connectivity index (χ4v) is 4.28. The summed E-state index contributed by atoms with van der Waals surface area (Å²) in [6.45, 7) is 5.73. The normalized spacial score (nSPS) is 17.2. The van der Waals surface area contributed by atoms with Gasteiger partial charge in [0.05, 0.1) is 0 Å². The summed E-state index contributed by atoms with van der Waals surface area (Å²) in [6.07, 6.45) is 2.28. The van der Waals surface area contributed by atoms with Crippen molar-refractivity contribution in [1.82, 2.24) is 9.80 Å². The van der Waals surface area contributed by atoms with E-state index in [0.717, 1.165) is 68.9 Å². The molecule has 0 N–H and O–H groups in total. The van der Waals surface area contributed by atoms with Gasteiger partial charge >= 0.3 is 0 Å². The number of nitrogens with zero attached hydrogens (tertiary/aromatic N) is 3. The summed E-state index contributed by atoms with van der Waals surface area (Å²) in [5.74, 6) is 0.585. The van der Waals surface area contributed by atoms with Crippen LogP contribution in [0.25, 0.3) is 0 Å². The Morgan fingerprint density at radius 3 is 2.45 bits per heavy atom. The topological polar surface area (TPSA) is 26.8 Å². The second kappa shape index (κ2) is 9.59. The average molecular weight is 418 g/mol. The maximum atomic E-state index is 13.1. The molecule has 1 saturated heterocycles. The van der Waals surface area contributed by atoms with Crippen LogP contribution in [0.2, 0.25) is 0 Å². The number of likely N-dealkylation sites (N-methyl/N-ethyl adjacent to an activating group) is 1. The van der Waals surface area contributed by atoms with E-state index in [9.17, 15) is 9.18 Å². The molecule has 0 aromatic heterocycles. The monoisotopic (exact) mass is 417 g/mol. The van der Waals surface area contributed by atoms with Crippen LogP contribution in [-0.2, 0) is 6.54 Å². The van der Waals surface area contributed by atoms with Gasteiger partial charge in [0.15, 0.2) is 0 Å². The van der Waals surface area contributed by atoms with E-state index in [0.29, 0.717) is 5.92 Å². The number of amides is 1. The Morgan fingerprint density at radius 2 is 1.76 bits per heavy atom. The van der Waals surface area contributed by atoms with Crippen LogP contribution >= 0.6 is 12.4 Å². The van der Waals surface area contributed by atoms with E-state index in [1.165, 1.54) is 12.1 Å². The molecule has 4 nitrogen and oxygen atoms in total. The molecule has 0 atom stereocenters. The van der Waals surface area contributed by atoms with Gasteiger partial charge in [0.2, 0.25) is 0 Å². The third-order valence-corrected chi connectivity index (χ3v) is 6.10. The SMILES string of the molecule is CN(CCN1CCC(CN2Cc3ccccc3C2=O)CC1)c1ccc(F)cc1.Cl. The fourth-order valence-electron chi connectivity index (χ4n) is 4.28. The van der Waals surface area contributed by atoms with Gasteiger partial charge in [-0.05, 0) is 67.7 Å². The zero-order valence-corrected chi connectivity index (χ0v) is 17.7. The molecule has 0 bridgehead atoms. The quantitative estimate of drug-likeness (QED) is 0.709. The standard InChI is InChI=1S/C23H28FN3O.ClH/c1-25(21-8-6-20(24)7-9-21)14-15-26-12-10-18(11-13-26)16-27-17-19-4-2-3-5-22(19)23(27)28;/h2-9,18H,10-17H2,1H3;1H. The van der Waals surface area contributed by atoms with Crippen molar-refractivity contribution in [1.29, 1.82) is 0 Å². The summed E-state index contributed by atoms with van der Waals surface area (Å²) < 4.78 is 13.1. The lowest BCUT2D eigenvalue weighted by Crippen LogP contribution is -2.41. The van der Waals surface area contributed by atoms with E-state index >= 15 is 0 Å². The zero-order chi connectivity index (χ0) is 19.5. The largest absolute Gasteiger partial charge is 0.373 e. The second-order valence-electron chi connectivity index (χ2n) is 8.03. The highest BCUT2D eigenvalue weighted by molar-refractivity contribution is 5.98. The van der Waals surface area contributed by atoms with E-state index in [1.54, 1.807) is 0 Å². The Labute approximate surface area is 178 Å². The molecular formula is C23H29ClFN3O. The highest BCUT2D eigenvalue weighted by Crippen LogP contribution is 2.26. The van der Waals surface area contributed by atoms with Crippen LogP contribution in [0.5, 0.6) is 0 Å². The minimum absolute atomic E-state index is 0. The number of hydrogen-bond acceptors (Lipinski definition) is 3. The first-order valence-electron chi connectivity index (χ1n) is 10.2. The van der Waals surface area contributed by atoms with Crippen molar-refractivity contribution in [2.45, 2.75) is 19.4 Å². The Balaban J connectivity index is 0.00000240. The molecular weight excluding hydrogens is 389 g/mol. The number of carbonyl (C=O) groups is 1. The highest BCUT2D eigenvalue weighted by Gasteiger charge is 2.30. The van der Waals surface area contributed by atoms with Crippen LogP contribution in [0.4, 0.5) is 10.1 Å². The number of carbonyl (C=O) groups excluding carboxylic acids is 1. The van der Waals surface area contributed by atoms with Crippen molar-refractivity contribution >= 4 is 24.0 Å². The molecule has 0 aliphatic carbocycles. The predicted molar refractivity (Wildman–Crippen MR) is 117 cm³/mol. The number of piperidine rings is 1. The number of fused-ring (bicyclic) bond motifs is 1. The van der Waals surface area contributed by atoms with E-state index < -0.39 is 0 Å². The molecule has 2 heterocycles. The van der Waals surface area contributed by atoms with Gasteiger partial charge in [-0.25, -0.2) is 4.39 Å². The van der Waals surface area contributed by atoms with E-state index in [2.05, 4.69) is 22.9 Å².